The number of fused-ring (bicyclic) bond motifs is 1. The zero-order chi connectivity index (χ0) is 21.8. The molecule has 31 heavy (non-hydrogen) atoms. The summed E-state index contributed by atoms with van der Waals surface area (Å²) in [6.07, 6.45) is 4.24. The van der Waals surface area contributed by atoms with Crippen LogP contribution in [0.25, 0.3) is 11.0 Å². The number of hydrogen-bond donors (Lipinski definition) is 2. The van der Waals surface area contributed by atoms with Crippen molar-refractivity contribution >= 4 is 34.1 Å². The van der Waals surface area contributed by atoms with Gasteiger partial charge in [0.15, 0.2) is 5.11 Å². The minimum absolute atomic E-state index is 0.278. The van der Waals surface area contributed by atoms with Crippen LogP contribution >= 0.6 is 12.2 Å². The molecule has 0 aliphatic rings. The van der Waals surface area contributed by atoms with Gasteiger partial charge in [-0.1, -0.05) is 6.07 Å². The van der Waals surface area contributed by atoms with E-state index in [4.69, 9.17) is 12.2 Å². The van der Waals surface area contributed by atoms with Crippen molar-refractivity contribution in [2.45, 2.75) is 26.8 Å². The Morgan fingerprint density at radius 3 is 2.65 bits per heavy atom. The van der Waals surface area contributed by atoms with Gasteiger partial charge in [0.05, 0.1) is 17.6 Å². The summed E-state index contributed by atoms with van der Waals surface area (Å²) in [5, 5.41) is 3.88. The lowest BCUT2D eigenvalue weighted by Gasteiger charge is -2.26. The minimum atomic E-state index is -0.278. The molecule has 0 unspecified atom stereocenters. The maximum atomic E-state index is 13.4. The van der Waals surface area contributed by atoms with Crippen LogP contribution in [0.3, 0.4) is 0 Å². The van der Waals surface area contributed by atoms with Crippen LogP contribution in [-0.4, -0.2) is 26.6 Å². The first-order valence-electron chi connectivity index (χ1n) is 10.2. The number of aromatic amines is 1. The van der Waals surface area contributed by atoms with E-state index < -0.39 is 0 Å². The van der Waals surface area contributed by atoms with Gasteiger partial charge in [0, 0.05) is 31.0 Å². The Hall–Kier alpha value is -3.32. The molecule has 0 spiro atoms. The number of nitrogens with zero attached hydrogens (tertiary/aromatic N) is 3. The number of pyridine rings is 1. The van der Waals surface area contributed by atoms with Crippen LogP contribution in [0, 0.1) is 19.7 Å². The predicted octanol–water partition coefficient (Wildman–Crippen LogP) is 4.84. The molecule has 2 heterocycles. The van der Waals surface area contributed by atoms with Crippen LogP contribution in [0.4, 0.5) is 10.1 Å². The molecule has 0 bridgehead atoms. The Kier molecular flexibility index (Phi) is 6.23. The fraction of sp³-hybridized carbons (Fsp3) is 0.208. The summed E-state index contributed by atoms with van der Waals surface area (Å²) in [7, 11) is 0. The Morgan fingerprint density at radius 1 is 1.13 bits per heavy atom. The van der Waals surface area contributed by atoms with Gasteiger partial charge in [-0.3, -0.25) is 4.98 Å². The van der Waals surface area contributed by atoms with E-state index in [9.17, 15) is 4.39 Å². The third-order valence-electron chi connectivity index (χ3n) is 5.23. The molecular formula is C24H24FN5S. The van der Waals surface area contributed by atoms with Crippen molar-refractivity contribution in [3.63, 3.8) is 0 Å². The Morgan fingerprint density at radius 2 is 1.90 bits per heavy atom. The number of anilines is 1. The van der Waals surface area contributed by atoms with Gasteiger partial charge < -0.3 is 15.2 Å². The zero-order valence-electron chi connectivity index (χ0n) is 17.5. The number of nitrogens with one attached hydrogen (secondary N) is 2. The lowest BCUT2D eigenvalue weighted by Crippen LogP contribution is -2.40. The lowest BCUT2D eigenvalue weighted by molar-refractivity contribution is 0.627. The van der Waals surface area contributed by atoms with Gasteiger partial charge in [-0.25, -0.2) is 9.37 Å². The normalized spacial score (nSPS) is 10.9. The molecule has 2 N–H and O–H groups in total. The zero-order valence-corrected chi connectivity index (χ0v) is 18.3. The Balaban J connectivity index is 1.45. The van der Waals surface area contributed by atoms with Crippen LogP contribution in [0.15, 0.2) is 60.9 Å². The van der Waals surface area contributed by atoms with Gasteiger partial charge in [0.25, 0.3) is 0 Å². The first kappa shape index (κ1) is 20.9. The van der Waals surface area contributed by atoms with Gasteiger partial charge in [0.1, 0.15) is 11.6 Å². The molecule has 4 rings (SSSR count). The second-order valence-electron chi connectivity index (χ2n) is 7.54. The van der Waals surface area contributed by atoms with E-state index in [2.05, 4.69) is 46.2 Å². The van der Waals surface area contributed by atoms with Crippen molar-refractivity contribution in [1.82, 2.24) is 20.3 Å². The highest BCUT2D eigenvalue weighted by atomic mass is 32.1. The molecule has 0 fully saturated rings. The molecule has 2 aromatic carbocycles. The number of aryl methyl sites for hydroxylation is 2. The molecule has 2 aromatic heterocycles. The maximum Gasteiger partial charge on any atom is 0.173 e. The first-order valence-corrected chi connectivity index (χ1v) is 10.6. The largest absolute Gasteiger partial charge is 0.362 e. The quantitative estimate of drug-likeness (QED) is 0.426. The summed E-state index contributed by atoms with van der Waals surface area (Å²) < 4.78 is 13.4. The third kappa shape index (κ3) is 5.06. The minimum Gasteiger partial charge on any atom is -0.362 e. The van der Waals surface area contributed by atoms with Crippen molar-refractivity contribution in [3.05, 3.63) is 89.3 Å². The van der Waals surface area contributed by atoms with Crippen molar-refractivity contribution in [3.8, 4) is 0 Å². The van der Waals surface area contributed by atoms with Crippen LogP contribution in [0.1, 0.15) is 22.5 Å². The molecule has 0 saturated heterocycles. The second kappa shape index (κ2) is 9.22. The Labute approximate surface area is 186 Å². The van der Waals surface area contributed by atoms with E-state index in [1.807, 2.05) is 17.0 Å². The highest BCUT2D eigenvalue weighted by Crippen LogP contribution is 2.19. The topological polar surface area (TPSA) is 56.8 Å². The highest BCUT2D eigenvalue weighted by molar-refractivity contribution is 7.80. The summed E-state index contributed by atoms with van der Waals surface area (Å²) in [5.41, 5.74) is 6.33. The van der Waals surface area contributed by atoms with Crippen molar-refractivity contribution in [2.75, 3.05) is 11.4 Å². The number of thiocarbonyl (C=S) groups is 1. The monoisotopic (exact) mass is 433 g/mol. The average Bonchev–Trinajstić information content (AvgIpc) is 3.15. The molecule has 7 heteroatoms. The third-order valence-corrected chi connectivity index (χ3v) is 5.60. The second-order valence-corrected chi connectivity index (χ2v) is 7.93. The number of H-pyrrole nitrogens is 1. The summed E-state index contributed by atoms with van der Waals surface area (Å²) in [5.74, 6) is 0.634. The standard InChI is InChI=1S/C24H24FN5S/c1-16-12-21-22(13-17(16)2)29-23(28-21)9-11-27-24(31)30(15-18-4-3-10-26-14-18)20-7-5-19(25)6-8-20/h3-8,10,12-14H,9,11,15H2,1-2H3,(H,27,31)(H,28,29). The molecule has 0 atom stereocenters. The molecule has 0 radical (unpaired) electrons. The van der Waals surface area contributed by atoms with Crippen LogP contribution in [0.5, 0.6) is 0 Å². The van der Waals surface area contributed by atoms with Crippen molar-refractivity contribution < 1.29 is 4.39 Å². The van der Waals surface area contributed by atoms with Gasteiger partial charge in [-0.05, 0) is 85.2 Å². The van der Waals surface area contributed by atoms with E-state index in [1.54, 1.807) is 24.5 Å². The fourth-order valence-corrected chi connectivity index (χ4v) is 3.67. The van der Waals surface area contributed by atoms with Crippen LogP contribution in [0.2, 0.25) is 0 Å². The van der Waals surface area contributed by atoms with E-state index in [1.165, 1.54) is 23.3 Å². The van der Waals surface area contributed by atoms with Gasteiger partial charge in [-0.2, -0.15) is 0 Å². The van der Waals surface area contributed by atoms with Crippen LogP contribution in [-0.2, 0) is 13.0 Å². The van der Waals surface area contributed by atoms with E-state index in [-0.39, 0.29) is 5.82 Å². The number of rotatable bonds is 6. The molecule has 0 saturated carbocycles. The maximum absolute atomic E-state index is 13.4. The molecular weight excluding hydrogens is 409 g/mol. The molecule has 0 amide bonds. The van der Waals surface area contributed by atoms with Crippen molar-refractivity contribution in [1.29, 1.82) is 0 Å². The van der Waals surface area contributed by atoms with Gasteiger partial charge in [0.2, 0.25) is 0 Å². The summed E-state index contributed by atoms with van der Waals surface area (Å²) in [4.78, 5) is 14.2. The number of benzene rings is 2. The fourth-order valence-electron chi connectivity index (χ4n) is 3.40. The predicted molar refractivity (Wildman–Crippen MR) is 127 cm³/mol. The van der Waals surface area contributed by atoms with Crippen molar-refractivity contribution in [2.24, 2.45) is 0 Å². The van der Waals surface area contributed by atoms with E-state index >= 15 is 0 Å². The number of halogens is 1. The number of imidazole rings is 1. The molecule has 4 aromatic rings. The molecule has 0 aliphatic carbocycles. The first-order chi connectivity index (χ1) is 15.0. The van der Waals surface area contributed by atoms with Gasteiger partial charge in [-0.15, -0.1) is 0 Å². The molecule has 5 nitrogen and oxygen atoms in total. The summed E-state index contributed by atoms with van der Waals surface area (Å²) in [6, 6.07) is 14.4. The number of hydrogen-bond acceptors (Lipinski definition) is 3. The number of aromatic nitrogens is 3. The van der Waals surface area contributed by atoms with E-state index in [0.717, 1.165) is 28.1 Å². The Bertz CT molecular complexity index is 1150. The smallest absolute Gasteiger partial charge is 0.173 e. The SMILES string of the molecule is Cc1cc2nc(CCNC(=S)N(Cc3cccnc3)c3ccc(F)cc3)[nH]c2cc1C. The average molecular weight is 434 g/mol. The molecule has 158 valence electrons. The highest BCUT2D eigenvalue weighted by Gasteiger charge is 2.14. The summed E-state index contributed by atoms with van der Waals surface area (Å²) >= 11 is 5.67. The van der Waals surface area contributed by atoms with E-state index in [0.29, 0.717) is 24.6 Å². The van der Waals surface area contributed by atoms with Crippen LogP contribution < -0.4 is 10.2 Å². The molecule has 0 aliphatic heterocycles. The lowest BCUT2D eigenvalue weighted by atomic mass is 10.1. The van der Waals surface area contributed by atoms with Gasteiger partial charge >= 0.3 is 0 Å². The summed E-state index contributed by atoms with van der Waals surface area (Å²) in [6.45, 7) is 5.35.